The standard InChI is InChI=1S/C22H26Cl2N4O.HI/c1-15(19-10-9-18(23)13-20(19)24)27-22(25)26-14-16-5-7-17(8-6-16)21(29)28-11-3-2-4-12-28;/h5-10,13,15H,2-4,11-12,14H2,1H3,(H3,25,26,27);1H. The minimum atomic E-state index is -0.104. The van der Waals surface area contributed by atoms with E-state index in [1.807, 2.05) is 42.2 Å². The SMILES string of the molecule is CC(NC(N)=NCc1ccc(C(=O)N2CCCCC2)cc1)c1ccc(Cl)cc1Cl.I. The Balaban J connectivity index is 0.00000320. The molecule has 0 saturated carbocycles. The minimum absolute atomic E-state index is 0. The van der Waals surface area contributed by atoms with Crippen LogP contribution in [0.5, 0.6) is 0 Å². The highest BCUT2D eigenvalue weighted by atomic mass is 127. The van der Waals surface area contributed by atoms with Crippen molar-refractivity contribution in [3.63, 3.8) is 0 Å². The van der Waals surface area contributed by atoms with E-state index in [2.05, 4.69) is 10.3 Å². The number of nitrogens with zero attached hydrogens (tertiary/aromatic N) is 2. The Kier molecular flexibility index (Phi) is 9.71. The van der Waals surface area contributed by atoms with Crippen LogP contribution in [-0.4, -0.2) is 29.9 Å². The van der Waals surface area contributed by atoms with Gasteiger partial charge in [0.1, 0.15) is 0 Å². The van der Waals surface area contributed by atoms with Crippen molar-refractivity contribution in [1.29, 1.82) is 0 Å². The van der Waals surface area contributed by atoms with Gasteiger partial charge in [0.2, 0.25) is 0 Å². The summed E-state index contributed by atoms with van der Waals surface area (Å²) in [5, 5.41) is 4.31. The number of nitrogens with two attached hydrogens (primary N) is 1. The molecule has 0 bridgehead atoms. The second-order valence-corrected chi connectivity index (χ2v) is 8.13. The molecule has 1 unspecified atom stereocenters. The van der Waals surface area contributed by atoms with Crippen molar-refractivity contribution in [2.45, 2.75) is 38.8 Å². The maximum atomic E-state index is 12.5. The Morgan fingerprint density at radius 2 is 1.80 bits per heavy atom. The van der Waals surface area contributed by atoms with Gasteiger partial charge in [0, 0.05) is 28.7 Å². The number of carbonyl (C=O) groups is 1. The van der Waals surface area contributed by atoms with Crippen LogP contribution in [0.4, 0.5) is 0 Å². The van der Waals surface area contributed by atoms with Gasteiger partial charge in [0.05, 0.1) is 12.6 Å². The number of amides is 1. The zero-order valence-electron chi connectivity index (χ0n) is 16.9. The first-order chi connectivity index (χ1) is 13.9. The van der Waals surface area contributed by atoms with Gasteiger partial charge in [-0.2, -0.15) is 0 Å². The second-order valence-electron chi connectivity index (χ2n) is 7.28. The normalized spacial score (nSPS) is 15.3. The molecule has 1 aliphatic heterocycles. The Labute approximate surface area is 205 Å². The van der Waals surface area contributed by atoms with Gasteiger partial charge in [-0.25, -0.2) is 4.99 Å². The number of rotatable bonds is 5. The lowest BCUT2D eigenvalue weighted by atomic mass is 10.1. The zero-order chi connectivity index (χ0) is 20.8. The number of carbonyl (C=O) groups excluding carboxylic acids is 1. The average Bonchev–Trinajstić information content (AvgIpc) is 2.72. The number of hydrogen-bond donors (Lipinski definition) is 2. The fourth-order valence-electron chi connectivity index (χ4n) is 3.41. The van der Waals surface area contributed by atoms with Crippen molar-refractivity contribution in [2.75, 3.05) is 13.1 Å². The maximum absolute atomic E-state index is 12.5. The van der Waals surface area contributed by atoms with Gasteiger partial charge in [-0.3, -0.25) is 4.79 Å². The molecule has 5 nitrogen and oxygen atoms in total. The summed E-state index contributed by atoms with van der Waals surface area (Å²) in [6.45, 7) is 4.09. The lowest BCUT2D eigenvalue weighted by Crippen LogP contribution is -2.35. The van der Waals surface area contributed by atoms with Gasteiger partial charge < -0.3 is 16.0 Å². The van der Waals surface area contributed by atoms with E-state index in [1.165, 1.54) is 6.42 Å². The molecule has 30 heavy (non-hydrogen) atoms. The van der Waals surface area contributed by atoms with Crippen molar-refractivity contribution in [3.05, 3.63) is 69.2 Å². The van der Waals surface area contributed by atoms with Crippen molar-refractivity contribution >= 4 is 59.0 Å². The zero-order valence-corrected chi connectivity index (χ0v) is 20.7. The number of piperidine rings is 1. The molecule has 8 heteroatoms. The summed E-state index contributed by atoms with van der Waals surface area (Å²) in [4.78, 5) is 18.9. The monoisotopic (exact) mass is 560 g/mol. The van der Waals surface area contributed by atoms with Crippen molar-refractivity contribution in [2.24, 2.45) is 10.7 Å². The lowest BCUT2D eigenvalue weighted by molar-refractivity contribution is 0.0724. The van der Waals surface area contributed by atoms with E-state index in [1.54, 1.807) is 12.1 Å². The summed E-state index contributed by atoms with van der Waals surface area (Å²) in [5.41, 5.74) is 8.63. The predicted molar refractivity (Wildman–Crippen MR) is 135 cm³/mol. The molecule has 1 saturated heterocycles. The van der Waals surface area contributed by atoms with E-state index in [0.29, 0.717) is 22.5 Å². The molecule has 3 N–H and O–H groups in total. The highest BCUT2D eigenvalue weighted by Gasteiger charge is 2.17. The van der Waals surface area contributed by atoms with Crippen molar-refractivity contribution < 1.29 is 4.79 Å². The van der Waals surface area contributed by atoms with E-state index in [-0.39, 0.29) is 35.9 Å². The summed E-state index contributed by atoms with van der Waals surface area (Å²) in [6, 6.07) is 12.8. The van der Waals surface area contributed by atoms with E-state index >= 15 is 0 Å². The Hall–Kier alpha value is -1.51. The Morgan fingerprint density at radius 3 is 2.43 bits per heavy atom. The topological polar surface area (TPSA) is 70.7 Å². The van der Waals surface area contributed by atoms with Crippen LogP contribution in [-0.2, 0) is 6.54 Å². The highest BCUT2D eigenvalue weighted by Crippen LogP contribution is 2.26. The first kappa shape index (κ1) is 24.8. The first-order valence-electron chi connectivity index (χ1n) is 9.83. The molecule has 0 aliphatic carbocycles. The van der Waals surface area contributed by atoms with Crippen LogP contribution < -0.4 is 11.1 Å². The number of aliphatic imine (C=N–C) groups is 1. The summed E-state index contributed by atoms with van der Waals surface area (Å²) in [5.74, 6) is 0.437. The van der Waals surface area contributed by atoms with Gasteiger partial charge >= 0.3 is 0 Å². The van der Waals surface area contributed by atoms with Crippen LogP contribution in [0.25, 0.3) is 0 Å². The number of halogens is 3. The van der Waals surface area contributed by atoms with Gasteiger partial charge in [0.15, 0.2) is 5.96 Å². The molecule has 3 rings (SSSR count). The van der Waals surface area contributed by atoms with Crippen molar-refractivity contribution in [3.8, 4) is 0 Å². The minimum Gasteiger partial charge on any atom is -0.370 e. The Morgan fingerprint density at radius 1 is 1.13 bits per heavy atom. The van der Waals surface area contributed by atoms with E-state index in [9.17, 15) is 4.79 Å². The number of benzene rings is 2. The average molecular weight is 561 g/mol. The fraction of sp³-hybridized carbons (Fsp3) is 0.364. The smallest absolute Gasteiger partial charge is 0.253 e. The predicted octanol–water partition coefficient (Wildman–Crippen LogP) is 5.40. The molecule has 162 valence electrons. The molecular formula is C22H27Cl2IN4O. The quantitative estimate of drug-likeness (QED) is 0.292. The third-order valence-electron chi connectivity index (χ3n) is 5.07. The van der Waals surface area contributed by atoms with Crippen LogP contribution in [0.3, 0.4) is 0 Å². The van der Waals surface area contributed by atoms with Gasteiger partial charge in [-0.05, 0) is 61.6 Å². The molecule has 2 aromatic carbocycles. The molecule has 1 amide bonds. The fourth-order valence-corrected chi connectivity index (χ4v) is 3.98. The van der Waals surface area contributed by atoms with Crippen LogP contribution in [0.2, 0.25) is 10.0 Å². The summed E-state index contributed by atoms with van der Waals surface area (Å²) < 4.78 is 0. The molecular weight excluding hydrogens is 534 g/mol. The lowest BCUT2D eigenvalue weighted by Gasteiger charge is -2.26. The molecule has 2 aromatic rings. The number of hydrogen-bond acceptors (Lipinski definition) is 2. The summed E-state index contributed by atoms with van der Waals surface area (Å²) in [7, 11) is 0. The summed E-state index contributed by atoms with van der Waals surface area (Å²) in [6.07, 6.45) is 3.38. The third kappa shape index (κ3) is 6.75. The number of guanidine groups is 1. The first-order valence-corrected chi connectivity index (χ1v) is 10.6. The molecule has 1 heterocycles. The maximum Gasteiger partial charge on any atom is 0.253 e. The van der Waals surface area contributed by atoms with Crippen LogP contribution in [0.1, 0.15) is 53.7 Å². The van der Waals surface area contributed by atoms with Gasteiger partial charge in [-0.15, -0.1) is 24.0 Å². The summed E-state index contributed by atoms with van der Waals surface area (Å²) >= 11 is 12.2. The van der Waals surface area contributed by atoms with Crippen molar-refractivity contribution in [1.82, 2.24) is 10.2 Å². The number of nitrogens with one attached hydrogen (secondary N) is 1. The largest absolute Gasteiger partial charge is 0.370 e. The van der Waals surface area contributed by atoms with E-state index < -0.39 is 0 Å². The molecule has 0 aromatic heterocycles. The van der Waals surface area contributed by atoms with Crippen LogP contribution >= 0.6 is 47.2 Å². The van der Waals surface area contributed by atoms with Crippen LogP contribution in [0, 0.1) is 0 Å². The molecule has 0 spiro atoms. The molecule has 0 radical (unpaired) electrons. The van der Waals surface area contributed by atoms with E-state index in [0.717, 1.165) is 42.6 Å². The molecule has 1 fully saturated rings. The van der Waals surface area contributed by atoms with Gasteiger partial charge in [0.25, 0.3) is 5.91 Å². The molecule has 1 atom stereocenters. The van der Waals surface area contributed by atoms with E-state index in [4.69, 9.17) is 28.9 Å². The second kappa shape index (κ2) is 11.8. The van der Waals surface area contributed by atoms with Gasteiger partial charge in [-0.1, -0.05) is 41.4 Å². The third-order valence-corrected chi connectivity index (χ3v) is 5.63. The highest BCUT2D eigenvalue weighted by molar-refractivity contribution is 14.0. The Bertz CT molecular complexity index is 883. The number of likely N-dealkylation sites (tertiary alicyclic amines) is 1. The molecule has 1 aliphatic rings. The van der Waals surface area contributed by atoms with Crippen LogP contribution in [0.15, 0.2) is 47.5 Å².